The number of nitrogens with one attached hydrogen (secondary N) is 1. The quantitative estimate of drug-likeness (QED) is 0.811. The van der Waals surface area contributed by atoms with Gasteiger partial charge in [-0.2, -0.15) is 0 Å². The van der Waals surface area contributed by atoms with Crippen LogP contribution in [0.4, 0.5) is 0 Å². The molecule has 1 fully saturated rings. The number of hydrogen-bond acceptors (Lipinski definition) is 4. The molecule has 1 aliphatic rings. The molecule has 1 unspecified atom stereocenters. The summed E-state index contributed by atoms with van der Waals surface area (Å²) in [6.07, 6.45) is 3.03. The van der Waals surface area contributed by atoms with Gasteiger partial charge in [0, 0.05) is 19.3 Å². The number of likely N-dealkylation sites (tertiary alicyclic amines) is 1. The van der Waals surface area contributed by atoms with Gasteiger partial charge in [0.2, 0.25) is 5.91 Å². The molecule has 0 aliphatic carbocycles. The van der Waals surface area contributed by atoms with E-state index in [0.29, 0.717) is 19.0 Å². The predicted molar refractivity (Wildman–Crippen MR) is 79.4 cm³/mol. The van der Waals surface area contributed by atoms with Gasteiger partial charge < -0.3 is 10.2 Å². The Balaban J connectivity index is 0.00000324. The van der Waals surface area contributed by atoms with Crippen molar-refractivity contribution in [3.05, 3.63) is 0 Å². The number of nitrogens with zero attached hydrogens (tertiary/aromatic N) is 1. The summed E-state index contributed by atoms with van der Waals surface area (Å²) in [6, 6.07) is 0. The van der Waals surface area contributed by atoms with Crippen LogP contribution in [0.25, 0.3) is 0 Å². The Morgan fingerprint density at radius 1 is 1.37 bits per heavy atom. The summed E-state index contributed by atoms with van der Waals surface area (Å²) in [6.45, 7) is 6.85. The number of carbonyl (C=O) groups excluding carboxylic acids is 1. The lowest BCUT2D eigenvalue weighted by Gasteiger charge is -2.33. The zero-order valence-electron chi connectivity index (χ0n) is 11.9. The molecule has 0 spiro atoms. The normalized spacial score (nSPS) is 18.8. The molecule has 7 heteroatoms. The first kappa shape index (κ1) is 18.7. The topological polar surface area (TPSA) is 66.5 Å². The van der Waals surface area contributed by atoms with Gasteiger partial charge in [-0.15, -0.1) is 12.4 Å². The van der Waals surface area contributed by atoms with E-state index < -0.39 is 15.1 Å². The van der Waals surface area contributed by atoms with Crippen molar-refractivity contribution in [2.45, 2.75) is 31.9 Å². The Hall–Kier alpha value is -0.330. The minimum atomic E-state index is -3.28. The minimum absolute atomic E-state index is 0. The maximum Gasteiger partial charge on any atom is 0.240 e. The molecule has 0 aromatic heterocycles. The second-order valence-electron chi connectivity index (χ2n) is 5.05. The predicted octanol–water partition coefficient (Wildman–Crippen LogP) is 0.689. The zero-order chi connectivity index (χ0) is 13.8. The molecule has 0 aromatic carbocycles. The summed E-state index contributed by atoms with van der Waals surface area (Å²) in [5.74, 6) is 0.349. The molecule has 0 aromatic rings. The summed E-state index contributed by atoms with van der Waals surface area (Å²) in [5, 5.41) is 2.40. The molecule has 19 heavy (non-hydrogen) atoms. The van der Waals surface area contributed by atoms with Crippen molar-refractivity contribution in [2.24, 2.45) is 5.92 Å². The van der Waals surface area contributed by atoms with E-state index in [-0.39, 0.29) is 18.3 Å². The van der Waals surface area contributed by atoms with Crippen LogP contribution in [0.1, 0.15) is 26.7 Å². The Morgan fingerprint density at radius 2 is 1.89 bits per heavy atom. The molecule has 1 atom stereocenters. The van der Waals surface area contributed by atoms with Crippen molar-refractivity contribution < 1.29 is 13.2 Å². The van der Waals surface area contributed by atoms with Crippen LogP contribution < -0.4 is 5.32 Å². The highest BCUT2D eigenvalue weighted by Gasteiger charge is 2.30. The van der Waals surface area contributed by atoms with Crippen LogP contribution in [-0.4, -0.2) is 56.9 Å². The molecule has 0 bridgehead atoms. The van der Waals surface area contributed by atoms with Crippen molar-refractivity contribution in [3.63, 3.8) is 0 Å². The van der Waals surface area contributed by atoms with Gasteiger partial charge in [0.25, 0.3) is 0 Å². The first-order valence-electron chi connectivity index (χ1n) is 6.54. The molecule has 1 saturated heterocycles. The Labute approximate surface area is 122 Å². The summed E-state index contributed by atoms with van der Waals surface area (Å²) < 4.78 is 22.7. The van der Waals surface area contributed by atoms with Crippen molar-refractivity contribution in [2.75, 3.05) is 32.4 Å². The van der Waals surface area contributed by atoms with E-state index in [1.54, 1.807) is 4.90 Å². The Morgan fingerprint density at radius 3 is 2.32 bits per heavy atom. The largest absolute Gasteiger partial charge is 0.342 e. The Bertz CT molecular complexity index is 378. The van der Waals surface area contributed by atoms with E-state index in [0.717, 1.165) is 32.2 Å². The number of sulfone groups is 1. The highest BCUT2D eigenvalue weighted by molar-refractivity contribution is 7.92. The first-order valence-corrected chi connectivity index (χ1v) is 8.50. The molecule has 1 rings (SSSR count). The third kappa shape index (κ3) is 5.67. The van der Waals surface area contributed by atoms with E-state index in [4.69, 9.17) is 0 Å². The third-order valence-corrected chi connectivity index (χ3v) is 5.09. The van der Waals surface area contributed by atoms with Crippen molar-refractivity contribution in [1.82, 2.24) is 10.2 Å². The summed E-state index contributed by atoms with van der Waals surface area (Å²) >= 11 is 0. The van der Waals surface area contributed by atoms with Gasteiger partial charge in [-0.25, -0.2) is 8.42 Å². The van der Waals surface area contributed by atoms with E-state index >= 15 is 0 Å². The van der Waals surface area contributed by atoms with E-state index in [2.05, 4.69) is 12.2 Å². The second-order valence-corrected chi connectivity index (χ2v) is 7.41. The maximum atomic E-state index is 12.0. The van der Waals surface area contributed by atoms with E-state index in [1.807, 2.05) is 0 Å². The van der Waals surface area contributed by atoms with Gasteiger partial charge in [0.15, 0.2) is 9.84 Å². The van der Waals surface area contributed by atoms with Crippen LogP contribution in [0.2, 0.25) is 0 Å². The summed E-state index contributed by atoms with van der Waals surface area (Å²) in [4.78, 5) is 13.7. The molecule has 5 nitrogen and oxygen atoms in total. The maximum absolute atomic E-state index is 12.0. The zero-order valence-corrected chi connectivity index (χ0v) is 13.5. The SMILES string of the molecule is CCNCC1CCN(C(=O)C(C)S(C)(=O)=O)CC1.Cl. The highest BCUT2D eigenvalue weighted by Crippen LogP contribution is 2.18. The van der Waals surface area contributed by atoms with Gasteiger partial charge in [-0.3, -0.25) is 4.79 Å². The van der Waals surface area contributed by atoms with Gasteiger partial charge in [-0.1, -0.05) is 6.92 Å². The fourth-order valence-electron chi connectivity index (χ4n) is 2.15. The number of piperidine rings is 1. The van der Waals surface area contributed by atoms with E-state index in [9.17, 15) is 13.2 Å². The van der Waals surface area contributed by atoms with Crippen molar-refractivity contribution in [3.8, 4) is 0 Å². The van der Waals surface area contributed by atoms with Gasteiger partial charge >= 0.3 is 0 Å². The highest BCUT2D eigenvalue weighted by atomic mass is 35.5. The molecular weight excluding hydrogens is 288 g/mol. The van der Waals surface area contributed by atoms with Gasteiger partial charge in [0.1, 0.15) is 5.25 Å². The lowest BCUT2D eigenvalue weighted by molar-refractivity contribution is -0.131. The van der Waals surface area contributed by atoms with Crippen molar-refractivity contribution >= 4 is 28.2 Å². The molecule has 1 amide bonds. The first-order chi connectivity index (χ1) is 8.36. The number of carbonyl (C=O) groups is 1. The lowest BCUT2D eigenvalue weighted by atomic mass is 9.96. The van der Waals surface area contributed by atoms with Crippen LogP contribution in [0.15, 0.2) is 0 Å². The minimum Gasteiger partial charge on any atom is -0.342 e. The summed E-state index contributed by atoms with van der Waals surface area (Å²) in [7, 11) is -3.28. The number of amides is 1. The average molecular weight is 313 g/mol. The van der Waals surface area contributed by atoms with Crippen LogP contribution >= 0.6 is 12.4 Å². The number of hydrogen-bond donors (Lipinski definition) is 1. The van der Waals surface area contributed by atoms with Crippen LogP contribution in [0, 0.1) is 5.92 Å². The molecular formula is C12H25ClN2O3S. The Kier molecular flexibility index (Phi) is 7.93. The van der Waals surface area contributed by atoms with Crippen LogP contribution in [-0.2, 0) is 14.6 Å². The molecule has 1 N–H and O–H groups in total. The van der Waals surface area contributed by atoms with Crippen LogP contribution in [0.3, 0.4) is 0 Å². The average Bonchev–Trinajstić information content (AvgIpc) is 2.34. The molecule has 114 valence electrons. The summed E-state index contributed by atoms with van der Waals surface area (Å²) in [5.41, 5.74) is 0. The van der Waals surface area contributed by atoms with Crippen LogP contribution in [0.5, 0.6) is 0 Å². The third-order valence-electron chi connectivity index (χ3n) is 3.60. The van der Waals surface area contributed by atoms with Gasteiger partial charge in [0.05, 0.1) is 0 Å². The van der Waals surface area contributed by atoms with E-state index in [1.165, 1.54) is 6.92 Å². The molecule has 1 aliphatic heterocycles. The van der Waals surface area contributed by atoms with Gasteiger partial charge in [-0.05, 0) is 38.8 Å². The fourth-order valence-corrected chi connectivity index (χ4v) is 2.66. The second kappa shape index (κ2) is 8.07. The lowest BCUT2D eigenvalue weighted by Crippen LogP contribution is -2.46. The monoisotopic (exact) mass is 312 g/mol. The molecule has 0 saturated carbocycles. The van der Waals surface area contributed by atoms with Crippen molar-refractivity contribution in [1.29, 1.82) is 0 Å². The number of halogens is 1. The number of rotatable bonds is 5. The smallest absolute Gasteiger partial charge is 0.240 e. The molecule has 1 heterocycles. The standard InChI is InChI=1S/C12H24N2O3S.ClH/c1-4-13-9-11-5-7-14(8-6-11)12(15)10(2)18(3,16)17;/h10-11,13H,4-9H2,1-3H3;1H. The fraction of sp³-hybridized carbons (Fsp3) is 0.917. The molecule has 0 radical (unpaired) electrons.